The largest absolute Gasteiger partial charge is 0.402 e. The quantitative estimate of drug-likeness (QED) is 0.472. The number of hydrogen-bond donors (Lipinski definition) is 3. The van der Waals surface area contributed by atoms with Crippen molar-refractivity contribution in [3.8, 4) is 11.4 Å². The topological polar surface area (TPSA) is 86.6 Å². The van der Waals surface area contributed by atoms with E-state index in [-0.39, 0.29) is 18.9 Å². The molecular weight excluding hydrogens is 458 g/mol. The number of nitrogens with one attached hydrogen (secondary N) is 2. The van der Waals surface area contributed by atoms with E-state index in [2.05, 4.69) is 63.5 Å². The predicted molar refractivity (Wildman–Crippen MR) is 139 cm³/mol. The minimum atomic E-state index is -2.60. The van der Waals surface area contributed by atoms with Crippen molar-refractivity contribution in [1.82, 2.24) is 25.1 Å². The molecule has 3 aromatic rings. The first-order valence-corrected chi connectivity index (χ1v) is 12.2. The number of halogens is 2. The van der Waals surface area contributed by atoms with Gasteiger partial charge in [0.05, 0.1) is 17.9 Å². The van der Waals surface area contributed by atoms with E-state index in [1.54, 1.807) is 0 Å². The molecule has 2 aliphatic carbocycles. The molecule has 6 nitrogen and oxygen atoms in total. The number of fused-ring (bicyclic) bond motifs is 2. The summed E-state index contributed by atoms with van der Waals surface area (Å²) in [6.45, 7) is 2.85. The van der Waals surface area contributed by atoms with Crippen molar-refractivity contribution in [2.24, 2.45) is 11.7 Å². The maximum Gasteiger partial charge on any atom is 0.261 e. The Morgan fingerprint density at radius 1 is 1.25 bits per heavy atom. The average Bonchev–Trinajstić information content (AvgIpc) is 3.45. The van der Waals surface area contributed by atoms with Gasteiger partial charge >= 0.3 is 0 Å². The molecule has 0 bridgehead atoms. The van der Waals surface area contributed by atoms with E-state index in [1.165, 1.54) is 0 Å². The molecule has 0 spiro atoms. The van der Waals surface area contributed by atoms with Crippen LogP contribution in [0.25, 0.3) is 34.1 Å². The van der Waals surface area contributed by atoms with Crippen molar-refractivity contribution in [3.05, 3.63) is 82.9 Å². The van der Waals surface area contributed by atoms with Crippen LogP contribution in [0.2, 0.25) is 0 Å². The molecule has 6 rings (SSSR count). The SMILES string of the molecule is C[C@H]1C=CC(CN2CCC(F)(F)C2)=CC(c2cnc3n[nH]c(-c4cc5c([nH]4)CC(N)=CC=C5)c3c2)=C1. The highest BCUT2D eigenvalue weighted by Crippen LogP contribution is 2.33. The van der Waals surface area contributed by atoms with Gasteiger partial charge in [0.15, 0.2) is 5.65 Å². The highest BCUT2D eigenvalue weighted by Gasteiger charge is 2.38. The van der Waals surface area contributed by atoms with E-state index in [0.29, 0.717) is 25.2 Å². The molecule has 4 heterocycles. The number of rotatable bonds is 4. The number of aromatic amines is 2. The molecule has 8 heteroatoms. The Kier molecular flexibility index (Phi) is 5.48. The van der Waals surface area contributed by atoms with Gasteiger partial charge in [-0.25, -0.2) is 13.8 Å². The fourth-order valence-corrected chi connectivity index (χ4v) is 5.13. The van der Waals surface area contributed by atoms with E-state index in [0.717, 1.165) is 50.4 Å². The molecule has 4 N–H and O–H groups in total. The summed E-state index contributed by atoms with van der Waals surface area (Å²) in [6, 6.07) is 4.19. The van der Waals surface area contributed by atoms with Crippen molar-refractivity contribution >= 4 is 22.7 Å². The highest BCUT2D eigenvalue weighted by atomic mass is 19.3. The maximum atomic E-state index is 13.7. The van der Waals surface area contributed by atoms with E-state index in [4.69, 9.17) is 5.73 Å². The molecule has 0 amide bonds. The highest BCUT2D eigenvalue weighted by molar-refractivity contribution is 5.93. The third kappa shape index (κ3) is 4.44. The first-order valence-electron chi connectivity index (χ1n) is 12.2. The minimum Gasteiger partial charge on any atom is -0.402 e. The molecule has 184 valence electrons. The van der Waals surface area contributed by atoms with Crippen LogP contribution in [-0.4, -0.2) is 50.6 Å². The van der Waals surface area contributed by atoms with Gasteiger partial charge < -0.3 is 10.7 Å². The Balaban J connectivity index is 1.34. The number of likely N-dealkylation sites (tertiary alicyclic amines) is 1. The lowest BCUT2D eigenvalue weighted by Gasteiger charge is -2.16. The van der Waals surface area contributed by atoms with Crippen molar-refractivity contribution in [2.75, 3.05) is 19.6 Å². The summed E-state index contributed by atoms with van der Waals surface area (Å²) >= 11 is 0. The van der Waals surface area contributed by atoms with E-state index >= 15 is 0 Å². The van der Waals surface area contributed by atoms with Gasteiger partial charge in [-0.15, -0.1) is 0 Å². The van der Waals surface area contributed by atoms with Crippen molar-refractivity contribution in [2.45, 2.75) is 25.7 Å². The summed E-state index contributed by atoms with van der Waals surface area (Å²) in [5.74, 6) is -2.39. The number of alkyl halides is 2. The predicted octanol–water partition coefficient (Wildman–Crippen LogP) is 5.22. The summed E-state index contributed by atoms with van der Waals surface area (Å²) in [5.41, 5.74) is 14.5. The standard InChI is InChI=1S/C28H28F2N6/c1-17-5-6-18(15-36-8-7-28(29,30)16-36)10-20(9-17)21-11-23-26(34-35-27(23)32-14-21)25-12-19-3-2-4-22(31)13-24(19)33-25/h2-6,9-12,14,17,33H,7-8,13,15-16,31H2,1H3,(H,32,34,35)/t17-/m0/s1. The van der Waals surface area contributed by atoms with Crippen LogP contribution >= 0.6 is 0 Å². The van der Waals surface area contributed by atoms with Crippen molar-refractivity contribution in [3.63, 3.8) is 0 Å². The maximum absolute atomic E-state index is 13.7. The summed E-state index contributed by atoms with van der Waals surface area (Å²) in [7, 11) is 0. The van der Waals surface area contributed by atoms with Crippen molar-refractivity contribution < 1.29 is 8.78 Å². The number of aromatic nitrogens is 4. The van der Waals surface area contributed by atoms with Gasteiger partial charge in [-0.05, 0) is 40.8 Å². The number of allylic oxidation sites excluding steroid dienone is 7. The van der Waals surface area contributed by atoms with Crippen molar-refractivity contribution in [1.29, 1.82) is 0 Å². The van der Waals surface area contributed by atoms with Gasteiger partial charge in [-0.1, -0.05) is 43.4 Å². The number of nitrogens with two attached hydrogens (primary N) is 1. The molecule has 3 aliphatic rings. The van der Waals surface area contributed by atoms with Crippen LogP contribution in [0.3, 0.4) is 0 Å². The monoisotopic (exact) mass is 486 g/mol. The number of nitrogens with zero attached hydrogens (tertiary/aromatic N) is 3. The zero-order chi connectivity index (χ0) is 24.9. The fraction of sp³-hybridized carbons (Fsp3) is 0.286. The Bertz CT molecular complexity index is 1480. The lowest BCUT2D eigenvalue weighted by molar-refractivity contribution is 0.0131. The minimum absolute atomic E-state index is 0.0756. The normalized spacial score (nSPS) is 21.6. The summed E-state index contributed by atoms with van der Waals surface area (Å²) in [4.78, 5) is 9.93. The molecular formula is C28H28F2N6. The summed E-state index contributed by atoms with van der Waals surface area (Å²) in [6.07, 6.45) is 16.8. The zero-order valence-electron chi connectivity index (χ0n) is 20.1. The summed E-state index contributed by atoms with van der Waals surface area (Å²) in [5, 5.41) is 8.47. The van der Waals surface area contributed by atoms with E-state index in [1.807, 2.05) is 29.3 Å². The third-order valence-corrected chi connectivity index (χ3v) is 6.97. The molecule has 1 fully saturated rings. The third-order valence-electron chi connectivity index (χ3n) is 6.97. The second-order valence-electron chi connectivity index (χ2n) is 9.96. The Morgan fingerprint density at radius 3 is 2.97 bits per heavy atom. The Labute approximate surface area is 208 Å². The molecule has 0 saturated carbocycles. The molecule has 0 unspecified atom stereocenters. The van der Waals surface area contributed by atoms with Gasteiger partial charge in [-0.2, -0.15) is 5.10 Å². The second-order valence-corrected chi connectivity index (χ2v) is 9.96. The molecule has 0 aromatic carbocycles. The van der Waals surface area contributed by atoms with Crippen LogP contribution in [-0.2, 0) is 6.42 Å². The van der Waals surface area contributed by atoms with Crippen LogP contribution in [0.15, 0.2) is 66.1 Å². The van der Waals surface area contributed by atoms with Gasteiger partial charge in [0.1, 0.15) is 0 Å². The first-order chi connectivity index (χ1) is 17.3. The molecule has 3 aromatic heterocycles. The molecule has 36 heavy (non-hydrogen) atoms. The first kappa shape index (κ1) is 22.7. The lowest BCUT2D eigenvalue weighted by atomic mass is 10.0. The van der Waals surface area contributed by atoms with Gasteiger partial charge in [0.2, 0.25) is 0 Å². The lowest BCUT2D eigenvalue weighted by Crippen LogP contribution is -2.26. The zero-order valence-corrected chi connectivity index (χ0v) is 20.1. The Morgan fingerprint density at radius 2 is 2.14 bits per heavy atom. The number of hydrogen-bond acceptors (Lipinski definition) is 4. The van der Waals surface area contributed by atoms with E-state index < -0.39 is 5.92 Å². The molecule has 0 radical (unpaired) electrons. The van der Waals surface area contributed by atoms with Gasteiger partial charge in [0.25, 0.3) is 5.92 Å². The van der Waals surface area contributed by atoms with Crippen LogP contribution in [0.5, 0.6) is 0 Å². The molecule has 1 aliphatic heterocycles. The van der Waals surface area contributed by atoms with Crippen LogP contribution < -0.4 is 5.73 Å². The Hall–Kier alpha value is -3.78. The van der Waals surface area contributed by atoms with Gasteiger partial charge in [0, 0.05) is 54.5 Å². The van der Waals surface area contributed by atoms with Crippen LogP contribution in [0, 0.1) is 5.92 Å². The smallest absolute Gasteiger partial charge is 0.261 e. The number of H-pyrrole nitrogens is 2. The molecule has 1 saturated heterocycles. The van der Waals surface area contributed by atoms with Crippen LogP contribution in [0.4, 0.5) is 8.78 Å². The average molecular weight is 487 g/mol. The van der Waals surface area contributed by atoms with E-state index in [9.17, 15) is 8.78 Å². The summed E-state index contributed by atoms with van der Waals surface area (Å²) < 4.78 is 27.4. The fourth-order valence-electron chi connectivity index (χ4n) is 5.13. The van der Waals surface area contributed by atoms with Crippen LogP contribution in [0.1, 0.15) is 30.2 Å². The second kappa shape index (κ2) is 8.71. The van der Waals surface area contributed by atoms with Gasteiger partial charge in [-0.3, -0.25) is 10.00 Å². The molecule has 1 atom stereocenters. The number of pyridine rings is 1.